The van der Waals surface area contributed by atoms with Crippen LogP contribution in [-0.4, -0.2) is 26.2 Å². The van der Waals surface area contributed by atoms with Crippen LogP contribution >= 0.6 is 0 Å². The number of ether oxygens (including phenoxy) is 1. The smallest absolute Gasteiger partial charge is 0.224 e. The van der Waals surface area contributed by atoms with Crippen LogP contribution in [0.4, 0.5) is 5.69 Å². The zero-order chi connectivity index (χ0) is 14.3. The largest absolute Gasteiger partial charge is 0.398 e. The number of nitrogens with one attached hydrogen (secondary N) is 1. The van der Waals surface area contributed by atoms with E-state index in [2.05, 4.69) is 19.2 Å². The number of carbonyl (C=O) groups excluding carboxylic acids is 1. The number of hydrogen-bond donors (Lipinski definition) is 2. The van der Waals surface area contributed by atoms with E-state index in [1.165, 1.54) is 0 Å². The molecule has 0 aliphatic carbocycles. The van der Waals surface area contributed by atoms with Gasteiger partial charge >= 0.3 is 0 Å². The van der Waals surface area contributed by atoms with E-state index in [0.29, 0.717) is 25.3 Å². The molecule has 1 rings (SSSR count). The fraction of sp³-hybridized carbons (Fsp3) is 0.533. The molecule has 4 heteroatoms. The molecule has 1 aromatic rings. The van der Waals surface area contributed by atoms with Crippen molar-refractivity contribution in [3.8, 4) is 0 Å². The Morgan fingerprint density at radius 3 is 2.68 bits per heavy atom. The highest BCUT2D eigenvalue weighted by Crippen LogP contribution is 2.19. The Bertz CT molecular complexity index is 416. The minimum absolute atomic E-state index is 0.00314. The molecule has 4 nitrogen and oxygen atoms in total. The molecule has 0 fully saturated rings. The summed E-state index contributed by atoms with van der Waals surface area (Å²) in [6, 6.07) is 7.45. The maximum absolute atomic E-state index is 11.9. The fourth-order valence-electron chi connectivity index (χ4n) is 1.74. The monoisotopic (exact) mass is 264 g/mol. The summed E-state index contributed by atoms with van der Waals surface area (Å²) in [5.74, 6) is 0.00314. The van der Waals surface area contributed by atoms with Crippen molar-refractivity contribution >= 4 is 11.6 Å². The first-order valence-electron chi connectivity index (χ1n) is 6.53. The molecule has 0 aliphatic rings. The van der Waals surface area contributed by atoms with Gasteiger partial charge in [0.2, 0.25) is 5.91 Å². The van der Waals surface area contributed by atoms with Crippen LogP contribution in [0.2, 0.25) is 0 Å². The van der Waals surface area contributed by atoms with Crippen LogP contribution in [0.25, 0.3) is 0 Å². The first kappa shape index (κ1) is 15.5. The van der Waals surface area contributed by atoms with Crippen molar-refractivity contribution < 1.29 is 9.53 Å². The van der Waals surface area contributed by atoms with Crippen molar-refractivity contribution in [1.82, 2.24) is 5.32 Å². The Labute approximate surface area is 115 Å². The summed E-state index contributed by atoms with van der Waals surface area (Å²) in [4.78, 5) is 11.9. The summed E-state index contributed by atoms with van der Waals surface area (Å²) in [6.45, 7) is 5.57. The zero-order valence-electron chi connectivity index (χ0n) is 12.0. The Hall–Kier alpha value is -1.55. The third-order valence-corrected chi connectivity index (χ3v) is 3.15. The number of hydrogen-bond acceptors (Lipinski definition) is 3. The molecule has 0 radical (unpaired) electrons. The molecule has 0 aromatic heterocycles. The van der Waals surface area contributed by atoms with Gasteiger partial charge < -0.3 is 15.8 Å². The molecule has 1 amide bonds. The number of carbonyl (C=O) groups is 1. The number of nitrogens with two attached hydrogens (primary N) is 1. The lowest BCUT2D eigenvalue weighted by Gasteiger charge is -2.24. The molecule has 0 saturated carbocycles. The maximum atomic E-state index is 11.9. The predicted molar refractivity (Wildman–Crippen MR) is 77.8 cm³/mol. The third kappa shape index (κ3) is 5.75. The van der Waals surface area contributed by atoms with Crippen LogP contribution in [0.15, 0.2) is 24.3 Å². The average Bonchev–Trinajstić information content (AvgIpc) is 2.37. The highest BCUT2D eigenvalue weighted by molar-refractivity contribution is 5.80. The summed E-state index contributed by atoms with van der Waals surface area (Å²) >= 11 is 0. The van der Waals surface area contributed by atoms with E-state index < -0.39 is 0 Å². The van der Waals surface area contributed by atoms with Crippen molar-refractivity contribution in [3.05, 3.63) is 29.8 Å². The SMILES string of the molecule is COCCC(C)(C)CNC(=O)Cc1ccccc1N. The molecule has 0 bridgehead atoms. The summed E-state index contributed by atoms with van der Waals surface area (Å²) in [5.41, 5.74) is 7.39. The van der Waals surface area contributed by atoms with E-state index in [0.717, 1.165) is 12.0 Å². The van der Waals surface area contributed by atoms with Crippen molar-refractivity contribution in [3.63, 3.8) is 0 Å². The van der Waals surface area contributed by atoms with Crippen molar-refractivity contribution in [2.75, 3.05) is 26.0 Å². The molecule has 3 N–H and O–H groups in total. The van der Waals surface area contributed by atoms with E-state index in [4.69, 9.17) is 10.5 Å². The normalized spacial score (nSPS) is 11.3. The second kappa shape index (κ2) is 7.14. The average molecular weight is 264 g/mol. The Balaban J connectivity index is 2.42. The van der Waals surface area contributed by atoms with Crippen LogP contribution in [0.3, 0.4) is 0 Å². The lowest BCUT2D eigenvalue weighted by molar-refractivity contribution is -0.120. The van der Waals surface area contributed by atoms with Gasteiger partial charge in [0, 0.05) is 25.9 Å². The van der Waals surface area contributed by atoms with Crippen LogP contribution in [0, 0.1) is 5.41 Å². The molecule has 0 atom stereocenters. The zero-order valence-corrected chi connectivity index (χ0v) is 12.0. The molecule has 0 unspecified atom stereocenters. The number of anilines is 1. The summed E-state index contributed by atoms with van der Waals surface area (Å²) < 4.78 is 5.07. The standard InChI is InChI=1S/C15H24N2O2/c1-15(2,8-9-19-3)11-17-14(18)10-12-6-4-5-7-13(12)16/h4-7H,8-11,16H2,1-3H3,(H,17,18). The first-order valence-corrected chi connectivity index (χ1v) is 6.53. The van der Waals surface area contributed by atoms with Gasteiger partial charge in [0.25, 0.3) is 0 Å². The van der Waals surface area contributed by atoms with Gasteiger partial charge in [-0.05, 0) is 23.5 Å². The van der Waals surface area contributed by atoms with Crippen molar-refractivity contribution in [1.29, 1.82) is 0 Å². The third-order valence-electron chi connectivity index (χ3n) is 3.15. The quantitative estimate of drug-likeness (QED) is 0.740. The topological polar surface area (TPSA) is 64.3 Å². The second-order valence-electron chi connectivity index (χ2n) is 5.56. The van der Waals surface area contributed by atoms with Gasteiger partial charge in [-0.25, -0.2) is 0 Å². The highest BCUT2D eigenvalue weighted by Gasteiger charge is 2.18. The molecular formula is C15H24N2O2. The van der Waals surface area contributed by atoms with Crippen molar-refractivity contribution in [2.45, 2.75) is 26.7 Å². The first-order chi connectivity index (χ1) is 8.94. The van der Waals surface area contributed by atoms with Crippen LogP contribution in [-0.2, 0) is 16.0 Å². The molecule has 19 heavy (non-hydrogen) atoms. The number of methoxy groups -OCH3 is 1. The summed E-state index contributed by atoms with van der Waals surface area (Å²) in [5, 5.41) is 2.96. The Morgan fingerprint density at radius 1 is 1.37 bits per heavy atom. The minimum atomic E-state index is 0.00314. The number of amides is 1. The van der Waals surface area contributed by atoms with E-state index >= 15 is 0 Å². The molecule has 0 heterocycles. The van der Waals surface area contributed by atoms with Gasteiger partial charge in [0.15, 0.2) is 0 Å². The number of nitrogen functional groups attached to an aromatic ring is 1. The molecule has 0 spiro atoms. The van der Waals surface area contributed by atoms with E-state index in [1.54, 1.807) is 7.11 Å². The van der Waals surface area contributed by atoms with E-state index in [-0.39, 0.29) is 11.3 Å². The lowest BCUT2D eigenvalue weighted by atomic mass is 9.89. The van der Waals surface area contributed by atoms with E-state index in [9.17, 15) is 4.79 Å². The molecular weight excluding hydrogens is 240 g/mol. The van der Waals surface area contributed by atoms with E-state index in [1.807, 2.05) is 24.3 Å². The Kier molecular flexibility index (Phi) is 5.83. The van der Waals surface area contributed by atoms with Gasteiger partial charge in [0.05, 0.1) is 6.42 Å². The van der Waals surface area contributed by atoms with Crippen LogP contribution < -0.4 is 11.1 Å². The number of benzene rings is 1. The molecule has 0 aliphatic heterocycles. The van der Waals surface area contributed by atoms with Crippen molar-refractivity contribution in [2.24, 2.45) is 5.41 Å². The highest BCUT2D eigenvalue weighted by atomic mass is 16.5. The number of para-hydroxylation sites is 1. The lowest BCUT2D eigenvalue weighted by Crippen LogP contribution is -2.35. The van der Waals surface area contributed by atoms with Gasteiger partial charge in [0.1, 0.15) is 0 Å². The Morgan fingerprint density at radius 2 is 2.05 bits per heavy atom. The molecule has 1 aromatic carbocycles. The molecule has 0 saturated heterocycles. The fourth-order valence-corrected chi connectivity index (χ4v) is 1.74. The summed E-state index contributed by atoms with van der Waals surface area (Å²) in [7, 11) is 1.69. The minimum Gasteiger partial charge on any atom is -0.398 e. The summed E-state index contributed by atoms with van der Waals surface area (Å²) in [6.07, 6.45) is 1.24. The van der Waals surface area contributed by atoms with Gasteiger partial charge in [-0.15, -0.1) is 0 Å². The van der Waals surface area contributed by atoms with Gasteiger partial charge in [-0.2, -0.15) is 0 Å². The maximum Gasteiger partial charge on any atom is 0.224 e. The van der Waals surface area contributed by atoms with Gasteiger partial charge in [-0.3, -0.25) is 4.79 Å². The van der Waals surface area contributed by atoms with Crippen LogP contribution in [0.5, 0.6) is 0 Å². The molecule has 106 valence electrons. The second-order valence-corrected chi connectivity index (χ2v) is 5.56. The number of rotatable bonds is 7. The van der Waals surface area contributed by atoms with Gasteiger partial charge in [-0.1, -0.05) is 32.0 Å². The predicted octanol–water partition coefficient (Wildman–Crippen LogP) is 1.99. The van der Waals surface area contributed by atoms with Crippen LogP contribution in [0.1, 0.15) is 25.8 Å².